The third-order valence-corrected chi connectivity index (χ3v) is 4.34. The molecule has 23 heavy (non-hydrogen) atoms. The molecule has 2 aromatic rings. The number of carbonyl (C=O) groups is 1. The van der Waals surface area contributed by atoms with Gasteiger partial charge in [0.05, 0.1) is 0 Å². The highest BCUT2D eigenvalue weighted by molar-refractivity contribution is 7.98. The largest absolute Gasteiger partial charge is 0.481 e. The molecule has 1 unspecified atom stereocenters. The molecule has 1 atom stereocenters. The van der Waals surface area contributed by atoms with Crippen LogP contribution in [0.3, 0.4) is 0 Å². The van der Waals surface area contributed by atoms with Crippen LogP contribution in [0.1, 0.15) is 25.8 Å². The van der Waals surface area contributed by atoms with Crippen molar-refractivity contribution < 1.29 is 9.53 Å². The lowest BCUT2D eigenvalue weighted by Crippen LogP contribution is -2.32. The summed E-state index contributed by atoms with van der Waals surface area (Å²) in [7, 11) is 0. The molecule has 0 spiro atoms. The fourth-order valence-electron chi connectivity index (χ4n) is 2.21. The zero-order valence-electron chi connectivity index (χ0n) is 13.8. The molecule has 0 aliphatic carbocycles. The summed E-state index contributed by atoms with van der Waals surface area (Å²) in [6.07, 6.45) is 3.12. The number of thioether (sulfide) groups is 1. The van der Waals surface area contributed by atoms with Crippen LogP contribution in [0.15, 0.2) is 53.4 Å². The summed E-state index contributed by atoms with van der Waals surface area (Å²) >= 11 is 1.65. The van der Waals surface area contributed by atoms with Gasteiger partial charge in [-0.3, -0.25) is 4.79 Å². The summed E-state index contributed by atoms with van der Waals surface area (Å²) in [4.78, 5) is 13.5. The molecule has 1 N–H and O–H groups in total. The van der Waals surface area contributed by atoms with Gasteiger partial charge >= 0.3 is 0 Å². The minimum absolute atomic E-state index is 0.120. The predicted octanol–water partition coefficient (Wildman–Crippen LogP) is 4.77. The molecule has 0 aliphatic rings. The maximum absolute atomic E-state index is 12.4. The Kier molecular flexibility index (Phi) is 6.53. The molecule has 4 heteroatoms. The summed E-state index contributed by atoms with van der Waals surface area (Å²) < 4.78 is 5.84. The molecule has 0 radical (unpaired) electrons. The van der Waals surface area contributed by atoms with Gasteiger partial charge in [-0.05, 0) is 55.0 Å². The number of aryl methyl sites for hydroxylation is 1. The van der Waals surface area contributed by atoms with Crippen LogP contribution in [-0.4, -0.2) is 18.3 Å². The van der Waals surface area contributed by atoms with Gasteiger partial charge in [0.25, 0.3) is 5.91 Å². The van der Waals surface area contributed by atoms with Crippen LogP contribution >= 0.6 is 11.8 Å². The number of rotatable bonds is 7. The Morgan fingerprint density at radius 2 is 1.91 bits per heavy atom. The first-order valence-corrected chi connectivity index (χ1v) is 9.09. The average Bonchev–Trinajstić information content (AvgIpc) is 2.60. The van der Waals surface area contributed by atoms with Gasteiger partial charge in [0.1, 0.15) is 5.75 Å². The summed E-state index contributed by atoms with van der Waals surface area (Å²) in [5.74, 6) is 0.604. The minimum Gasteiger partial charge on any atom is -0.481 e. The summed E-state index contributed by atoms with van der Waals surface area (Å²) in [6.45, 7) is 4.06. The Bertz CT molecular complexity index is 640. The van der Waals surface area contributed by atoms with Gasteiger partial charge in [0.15, 0.2) is 6.10 Å². The molecule has 122 valence electrons. The van der Waals surface area contributed by atoms with Crippen molar-refractivity contribution >= 4 is 23.4 Å². The van der Waals surface area contributed by atoms with E-state index in [1.54, 1.807) is 11.8 Å². The van der Waals surface area contributed by atoms with E-state index in [1.165, 1.54) is 5.56 Å². The van der Waals surface area contributed by atoms with Crippen molar-refractivity contribution in [2.45, 2.75) is 37.7 Å². The van der Waals surface area contributed by atoms with Crippen LogP contribution in [0.2, 0.25) is 0 Å². The van der Waals surface area contributed by atoms with Gasteiger partial charge in [-0.15, -0.1) is 11.8 Å². The van der Waals surface area contributed by atoms with Crippen LogP contribution < -0.4 is 10.1 Å². The molecule has 3 nitrogen and oxygen atoms in total. The molecular weight excluding hydrogens is 306 g/mol. The molecule has 2 rings (SSSR count). The molecular formula is C19H23NO2S. The summed E-state index contributed by atoms with van der Waals surface area (Å²) in [5, 5.41) is 2.93. The normalized spacial score (nSPS) is 11.8. The maximum Gasteiger partial charge on any atom is 0.265 e. The lowest BCUT2D eigenvalue weighted by Gasteiger charge is -2.17. The van der Waals surface area contributed by atoms with Crippen molar-refractivity contribution in [1.82, 2.24) is 0 Å². The van der Waals surface area contributed by atoms with E-state index in [2.05, 4.69) is 12.2 Å². The number of ether oxygens (including phenoxy) is 1. The Labute approximate surface area is 142 Å². The van der Waals surface area contributed by atoms with Gasteiger partial charge < -0.3 is 10.1 Å². The molecule has 0 aromatic heterocycles. The summed E-state index contributed by atoms with van der Waals surface area (Å²) in [5.41, 5.74) is 2.05. The SMILES string of the molecule is CCc1ccc(OC(CC)C(=O)Nc2cccc(SC)c2)cc1. The van der Waals surface area contributed by atoms with Crippen LogP contribution in [0.5, 0.6) is 5.75 Å². The second kappa shape index (κ2) is 8.63. The Balaban J connectivity index is 2.02. The van der Waals surface area contributed by atoms with E-state index in [-0.39, 0.29) is 5.91 Å². The fraction of sp³-hybridized carbons (Fsp3) is 0.316. The van der Waals surface area contributed by atoms with Crippen molar-refractivity contribution in [3.63, 3.8) is 0 Å². The van der Waals surface area contributed by atoms with Crippen molar-refractivity contribution in [3.05, 3.63) is 54.1 Å². The van der Waals surface area contributed by atoms with Crippen molar-refractivity contribution in [1.29, 1.82) is 0 Å². The zero-order chi connectivity index (χ0) is 16.7. The van der Waals surface area contributed by atoms with Gasteiger partial charge in [-0.1, -0.05) is 32.0 Å². The standard InChI is InChI=1S/C19H23NO2S/c1-4-14-9-11-16(12-10-14)22-18(5-2)19(21)20-15-7-6-8-17(13-15)23-3/h6-13,18H,4-5H2,1-3H3,(H,20,21). The number of anilines is 1. The van der Waals surface area contributed by atoms with E-state index in [1.807, 2.05) is 61.7 Å². The van der Waals surface area contributed by atoms with Crippen LogP contribution in [0.4, 0.5) is 5.69 Å². The molecule has 0 fully saturated rings. The Morgan fingerprint density at radius 1 is 1.17 bits per heavy atom. The van der Waals surface area contributed by atoms with E-state index in [4.69, 9.17) is 4.74 Å². The van der Waals surface area contributed by atoms with Gasteiger partial charge in [-0.25, -0.2) is 0 Å². The maximum atomic E-state index is 12.4. The number of hydrogen-bond donors (Lipinski definition) is 1. The van der Waals surface area contributed by atoms with Gasteiger partial charge in [0, 0.05) is 10.6 Å². The van der Waals surface area contributed by atoms with Crippen LogP contribution in [0, 0.1) is 0 Å². The molecule has 1 amide bonds. The van der Waals surface area contributed by atoms with E-state index in [0.717, 1.165) is 22.8 Å². The molecule has 0 heterocycles. The van der Waals surface area contributed by atoms with E-state index < -0.39 is 6.10 Å². The number of carbonyl (C=O) groups excluding carboxylic acids is 1. The third-order valence-electron chi connectivity index (χ3n) is 3.61. The van der Waals surface area contributed by atoms with Crippen molar-refractivity contribution in [2.75, 3.05) is 11.6 Å². The van der Waals surface area contributed by atoms with E-state index >= 15 is 0 Å². The third kappa shape index (κ3) is 5.03. The second-order valence-corrected chi connectivity index (χ2v) is 6.11. The highest BCUT2D eigenvalue weighted by Gasteiger charge is 2.18. The monoisotopic (exact) mass is 329 g/mol. The first kappa shape index (κ1) is 17.4. The van der Waals surface area contributed by atoms with Crippen LogP contribution in [-0.2, 0) is 11.2 Å². The average molecular weight is 329 g/mol. The zero-order valence-corrected chi connectivity index (χ0v) is 14.7. The number of hydrogen-bond acceptors (Lipinski definition) is 3. The molecule has 0 saturated heterocycles. The van der Waals surface area contributed by atoms with Crippen LogP contribution in [0.25, 0.3) is 0 Å². The number of benzene rings is 2. The Hall–Kier alpha value is -1.94. The lowest BCUT2D eigenvalue weighted by molar-refractivity contribution is -0.122. The quantitative estimate of drug-likeness (QED) is 0.744. The van der Waals surface area contributed by atoms with Gasteiger partial charge in [0.2, 0.25) is 0 Å². The van der Waals surface area contributed by atoms with E-state index in [9.17, 15) is 4.79 Å². The molecule has 2 aromatic carbocycles. The molecule has 0 saturated carbocycles. The Morgan fingerprint density at radius 3 is 2.52 bits per heavy atom. The summed E-state index contributed by atoms with van der Waals surface area (Å²) in [6, 6.07) is 15.7. The fourth-order valence-corrected chi connectivity index (χ4v) is 2.67. The lowest BCUT2D eigenvalue weighted by atomic mass is 10.1. The first-order valence-electron chi connectivity index (χ1n) is 7.86. The van der Waals surface area contributed by atoms with Gasteiger partial charge in [-0.2, -0.15) is 0 Å². The topological polar surface area (TPSA) is 38.3 Å². The number of amides is 1. The smallest absolute Gasteiger partial charge is 0.265 e. The highest BCUT2D eigenvalue weighted by atomic mass is 32.2. The predicted molar refractivity (Wildman–Crippen MR) is 97.4 cm³/mol. The second-order valence-electron chi connectivity index (χ2n) is 5.23. The first-order chi connectivity index (χ1) is 11.2. The van der Waals surface area contributed by atoms with Crippen molar-refractivity contribution in [2.24, 2.45) is 0 Å². The number of nitrogens with one attached hydrogen (secondary N) is 1. The minimum atomic E-state index is -0.500. The highest BCUT2D eigenvalue weighted by Crippen LogP contribution is 2.20. The van der Waals surface area contributed by atoms with Crippen molar-refractivity contribution in [3.8, 4) is 5.75 Å². The molecule has 0 aliphatic heterocycles. The molecule has 0 bridgehead atoms. The van der Waals surface area contributed by atoms with E-state index in [0.29, 0.717) is 6.42 Å².